The third-order valence-corrected chi connectivity index (χ3v) is 6.21. The van der Waals surface area contributed by atoms with Gasteiger partial charge in [-0.25, -0.2) is 8.42 Å². The average molecular weight is 340 g/mol. The van der Waals surface area contributed by atoms with Crippen LogP contribution in [0.1, 0.15) is 28.4 Å². The second-order valence-corrected chi connectivity index (χ2v) is 7.99. The number of methoxy groups -OCH3 is 1. The summed E-state index contributed by atoms with van der Waals surface area (Å²) in [6.07, 6.45) is 0. The van der Waals surface area contributed by atoms with Gasteiger partial charge in [-0.3, -0.25) is 4.79 Å². The molecule has 0 bridgehead atoms. The zero-order valence-electron chi connectivity index (χ0n) is 14.1. The molecule has 1 saturated heterocycles. The fourth-order valence-electron chi connectivity index (χ4n) is 2.65. The normalized spacial score (nSPS) is 16.4. The van der Waals surface area contributed by atoms with Gasteiger partial charge in [0.05, 0.1) is 18.4 Å². The Labute approximate surface area is 138 Å². The number of hydrogen-bond acceptors (Lipinski definition) is 4. The molecule has 0 saturated carbocycles. The van der Waals surface area contributed by atoms with Crippen LogP contribution in [0.3, 0.4) is 0 Å². The Bertz CT molecular complexity index is 692. The van der Waals surface area contributed by atoms with E-state index in [4.69, 9.17) is 4.74 Å². The zero-order valence-corrected chi connectivity index (χ0v) is 14.9. The van der Waals surface area contributed by atoms with Gasteiger partial charge in [-0.2, -0.15) is 4.31 Å². The number of ether oxygens (including phenoxy) is 1. The maximum Gasteiger partial charge on any atom is 0.257 e. The molecule has 2 rings (SSSR count). The largest absolute Gasteiger partial charge is 0.496 e. The first-order valence-electron chi connectivity index (χ1n) is 7.72. The summed E-state index contributed by atoms with van der Waals surface area (Å²) in [5, 5.41) is 0. The summed E-state index contributed by atoms with van der Waals surface area (Å²) in [4.78, 5) is 14.4. The third-order valence-electron chi connectivity index (χ3n) is 4.33. The van der Waals surface area contributed by atoms with Crippen LogP contribution in [0.4, 0.5) is 0 Å². The van der Waals surface area contributed by atoms with Gasteiger partial charge in [0, 0.05) is 26.2 Å². The van der Waals surface area contributed by atoms with Gasteiger partial charge in [0.25, 0.3) is 5.91 Å². The molecule has 7 heteroatoms. The van der Waals surface area contributed by atoms with E-state index in [2.05, 4.69) is 0 Å². The van der Waals surface area contributed by atoms with Gasteiger partial charge in [-0.05, 0) is 44.0 Å². The highest BCUT2D eigenvalue weighted by molar-refractivity contribution is 7.89. The number of aryl methyl sites for hydroxylation is 2. The van der Waals surface area contributed by atoms with Crippen molar-refractivity contribution in [2.24, 2.45) is 0 Å². The quantitative estimate of drug-likeness (QED) is 0.831. The monoisotopic (exact) mass is 340 g/mol. The molecule has 1 aliphatic rings. The molecule has 0 atom stereocenters. The molecule has 0 N–H and O–H groups in total. The number of nitrogens with zero attached hydrogens (tertiary/aromatic N) is 2. The van der Waals surface area contributed by atoms with Crippen LogP contribution in [-0.2, 0) is 10.0 Å². The van der Waals surface area contributed by atoms with E-state index in [0.29, 0.717) is 37.5 Å². The molecule has 0 spiro atoms. The molecular formula is C16H24N2O4S. The van der Waals surface area contributed by atoms with Crippen LogP contribution in [0.2, 0.25) is 0 Å². The smallest absolute Gasteiger partial charge is 0.257 e. The van der Waals surface area contributed by atoms with Crippen molar-refractivity contribution >= 4 is 15.9 Å². The fourth-order valence-corrected chi connectivity index (χ4v) is 3.73. The van der Waals surface area contributed by atoms with E-state index >= 15 is 0 Å². The number of benzene rings is 1. The minimum atomic E-state index is -3.19. The molecule has 6 nitrogen and oxygen atoms in total. The molecule has 0 unspecified atom stereocenters. The van der Waals surface area contributed by atoms with Gasteiger partial charge < -0.3 is 9.64 Å². The summed E-state index contributed by atoms with van der Waals surface area (Å²) in [7, 11) is -1.64. The Morgan fingerprint density at radius 1 is 1.13 bits per heavy atom. The van der Waals surface area contributed by atoms with Crippen LogP contribution in [0.5, 0.6) is 5.75 Å². The van der Waals surface area contributed by atoms with Crippen molar-refractivity contribution in [3.05, 3.63) is 28.8 Å². The lowest BCUT2D eigenvalue weighted by Gasteiger charge is -2.34. The molecule has 1 aromatic rings. The van der Waals surface area contributed by atoms with Crippen molar-refractivity contribution in [1.82, 2.24) is 9.21 Å². The number of sulfonamides is 1. The van der Waals surface area contributed by atoms with Crippen LogP contribution in [0.15, 0.2) is 12.1 Å². The minimum Gasteiger partial charge on any atom is -0.496 e. The van der Waals surface area contributed by atoms with Gasteiger partial charge in [-0.15, -0.1) is 0 Å². The molecule has 0 aliphatic carbocycles. The number of amides is 1. The van der Waals surface area contributed by atoms with Crippen LogP contribution in [0.25, 0.3) is 0 Å². The summed E-state index contributed by atoms with van der Waals surface area (Å²) < 4.78 is 30.6. The van der Waals surface area contributed by atoms with E-state index in [-0.39, 0.29) is 11.7 Å². The summed E-state index contributed by atoms with van der Waals surface area (Å²) in [6.45, 7) is 7.04. The Kier molecular flexibility index (Phi) is 5.31. The van der Waals surface area contributed by atoms with Crippen molar-refractivity contribution in [2.75, 3.05) is 39.0 Å². The lowest BCUT2D eigenvalue weighted by molar-refractivity contribution is 0.0694. The van der Waals surface area contributed by atoms with Gasteiger partial charge in [0.15, 0.2) is 0 Å². The Morgan fingerprint density at radius 3 is 2.22 bits per heavy atom. The molecule has 128 valence electrons. The molecule has 0 aromatic heterocycles. The second kappa shape index (κ2) is 6.88. The molecule has 1 aliphatic heterocycles. The minimum absolute atomic E-state index is 0.0892. The predicted molar refractivity (Wildman–Crippen MR) is 89.4 cm³/mol. The first kappa shape index (κ1) is 17.7. The Hall–Kier alpha value is -1.60. The zero-order chi connectivity index (χ0) is 17.2. The maximum absolute atomic E-state index is 12.7. The lowest BCUT2D eigenvalue weighted by Crippen LogP contribution is -2.50. The summed E-state index contributed by atoms with van der Waals surface area (Å²) in [5.41, 5.74) is 2.63. The number of carbonyl (C=O) groups excluding carboxylic acids is 1. The van der Waals surface area contributed by atoms with E-state index < -0.39 is 10.0 Å². The summed E-state index contributed by atoms with van der Waals surface area (Å²) >= 11 is 0. The lowest BCUT2D eigenvalue weighted by atomic mass is 10.0. The van der Waals surface area contributed by atoms with E-state index in [1.54, 1.807) is 18.9 Å². The number of rotatable bonds is 4. The molecule has 1 fully saturated rings. The maximum atomic E-state index is 12.7. The van der Waals surface area contributed by atoms with Gasteiger partial charge in [0.2, 0.25) is 10.0 Å². The van der Waals surface area contributed by atoms with Crippen molar-refractivity contribution in [2.45, 2.75) is 20.8 Å². The van der Waals surface area contributed by atoms with Crippen molar-refractivity contribution in [3.8, 4) is 5.75 Å². The molecule has 1 amide bonds. The second-order valence-electron chi connectivity index (χ2n) is 5.73. The van der Waals surface area contributed by atoms with Gasteiger partial charge in [0.1, 0.15) is 5.75 Å². The molecule has 1 heterocycles. The van der Waals surface area contributed by atoms with Crippen LogP contribution in [0, 0.1) is 13.8 Å². The third kappa shape index (κ3) is 3.67. The predicted octanol–water partition coefficient (Wildman–Crippen LogP) is 1.42. The highest BCUT2D eigenvalue weighted by Crippen LogP contribution is 2.25. The van der Waals surface area contributed by atoms with Crippen LogP contribution < -0.4 is 4.74 Å². The van der Waals surface area contributed by atoms with E-state index in [1.165, 1.54) is 4.31 Å². The first-order valence-corrected chi connectivity index (χ1v) is 9.33. The topological polar surface area (TPSA) is 66.9 Å². The van der Waals surface area contributed by atoms with Crippen molar-refractivity contribution < 1.29 is 17.9 Å². The van der Waals surface area contributed by atoms with E-state index in [1.807, 2.05) is 26.0 Å². The highest BCUT2D eigenvalue weighted by Gasteiger charge is 2.29. The van der Waals surface area contributed by atoms with Gasteiger partial charge in [-0.1, -0.05) is 0 Å². The number of piperazine rings is 1. The van der Waals surface area contributed by atoms with E-state index in [9.17, 15) is 13.2 Å². The van der Waals surface area contributed by atoms with Crippen LogP contribution >= 0.6 is 0 Å². The first-order chi connectivity index (χ1) is 10.8. The van der Waals surface area contributed by atoms with E-state index in [0.717, 1.165) is 11.1 Å². The standard InChI is InChI=1S/C16H24N2O4S/c1-5-23(20,21)18-8-6-17(7-9-18)16(19)14-10-12(2)13(3)11-15(14)22-4/h10-11H,5-9H2,1-4H3. The fraction of sp³-hybridized carbons (Fsp3) is 0.562. The Balaban J connectivity index is 2.16. The summed E-state index contributed by atoms with van der Waals surface area (Å²) in [6, 6.07) is 3.70. The molecule has 1 aromatic carbocycles. The van der Waals surface area contributed by atoms with Crippen LogP contribution in [-0.4, -0.2) is 62.6 Å². The Morgan fingerprint density at radius 2 is 1.70 bits per heavy atom. The highest BCUT2D eigenvalue weighted by atomic mass is 32.2. The molecule has 23 heavy (non-hydrogen) atoms. The van der Waals surface area contributed by atoms with Crippen molar-refractivity contribution in [1.29, 1.82) is 0 Å². The molecule has 0 radical (unpaired) electrons. The SMILES string of the molecule is CCS(=O)(=O)N1CCN(C(=O)c2cc(C)c(C)cc2OC)CC1. The number of hydrogen-bond donors (Lipinski definition) is 0. The summed E-state index contributed by atoms with van der Waals surface area (Å²) in [5.74, 6) is 0.534. The molecular weight excluding hydrogens is 316 g/mol. The van der Waals surface area contributed by atoms with Gasteiger partial charge >= 0.3 is 0 Å². The van der Waals surface area contributed by atoms with Crippen molar-refractivity contribution in [3.63, 3.8) is 0 Å². The average Bonchev–Trinajstić information content (AvgIpc) is 2.56. The number of carbonyl (C=O) groups is 1.